The number of para-hydroxylation sites is 1. The molecule has 0 aliphatic rings. The molecule has 1 amide bonds. The predicted molar refractivity (Wildman–Crippen MR) is 112 cm³/mol. The zero-order valence-corrected chi connectivity index (χ0v) is 17.4. The van der Waals surface area contributed by atoms with Crippen molar-refractivity contribution in [3.05, 3.63) is 40.3 Å². The van der Waals surface area contributed by atoms with Gasteiger partial charge in [0.1, 0.15) is 23.3 Å². The second-order valence-electron chi connectivity index (χ2n) is 6.57. The topological polar surface area (TPSA) is 74.7 Å². The lowest BCUT2D eigenvalue weighted by Crippen LogP contribution is -2.35. The van der Waals surface area contributed by atoms with Gasteiger partial charge in [0.25, 0.3) is 5.91 Å². The van der Waals surface area contributed by atoms with Crippen molar-refractivity contribution in [3.8, 4) is 5.75 Å². The van der Waals surface area contributed by atoms with Gasteiger partial charge >= 0.3 is 0 Å². The normalized spacial score (nSPS) is 12.2. The summed E-state index contributed by atoms with van der Waals surface area (Å²) in [5, 5.41) is 13.8. The molecule has 2 heterocycles. The molecule has 6 nitrogen and oxygen atoms in total. The number of aliphatic hydroxyl groups is 1. The van der Waals surface area contributed by atoms with Crippen LogP contribution in [0, 0.1) is 13.8 Å². The molecule has 0 saturated carbocycles. The number of hydrogen-bond donors (Lipinski definition) is 2. The Balaban J connectivity index is 1.53. The van der Waals surface area contributed by atoms with Crippen molar-refractivity contribution >= 4 is 43.2 Å². The Morgan fingerprint density at radius 3 is 2.63 bits per heavy atom. The molecule has 0 bridgehead atoms. The highest BCUT2D eigenvalue weighted by Gasteiger charge is 2.16. The first-order valence-electron chi connectivity index (χ1n) is 8.58. The lowest BCUT2D eigenvalue weighted by atomic mass is 10.1. The van der Waals surface area contributed by atoms with Gasteiger partial charge in [-0.15, -0.1) is 11.3 Å². The second-order valence-corrected chi connectivity index (χ2v) is 8.61. The summed E-state index contributed by atoms with van der Waals surface area (Å²) in [6, 6.07) is 7.75. The lowest BCUT2D eigenvalue weighted by Gasteiger charge is -2.16. The van der Waals surface area contributed by atoms with Gasteiger partial charge in [0.05, 0.1) is 9.58 Å². The third-order valence-corrected chi connectivity index (χ3v) is 6.34. The maximum atomic E-state index is 12.3. The summed E-state index contributed by atoms with van der Waals surface area (Å²) in [7, 11) is 3.88. The minimum Gasteiger partial charge on any atom is -0.490 e. The minimum absolute atomic E-state index is 0.124. The Morgan fingerprint density at radius 2 is 2.00 bits per heavy atom. The molecular formula is C19H23N3O3S2. The van der Waals surface area contributed by atoms with E-state index in [1.165, 1.54) is 11.3 Å². The van der Waals surface area contributed by atoms with Crippen LogP contribution in [0.2, 0.25) is 0 Å². The van der Waals surface area contributed by atoms with Gasteiger partial charge in [0.2, 0.25) is 0 Å². The molecule has 0 fully saturated rings. The number of carbonyl (C=O) groups is 1. The number of fused-ring (bicyclic) bond motifs is 1. The molecule has 2 N–H and O–H groups in total. The monoisotopic (exact) mass is 405 g/mol. The average Bonchev–Trinajstić information content (AvgIpc) is 3.18. The molecule has 8 heteroatoms. The van der Waals surface area contributed by atoms with Crippen LogP contribution in [0.4, 0.5) is 5.13 Å². The number of thiazole rings is 1. The maximum absolute atomic E-state index is 12.3. The van der Waals surface area contributed by atoms with Crippen LogP contribution in [-0.2, 0) is 0 Å². The number of thiophene rings is 1. The molecular weight excluding hydrogens is 382 g/mol. The van der Waals surface area contributed by atoms with E-state index in [1.807, 2.05) is 57.1 Å². The fraction of sp³-hybridized carbons (Fsp3) is 0.368. The van der Waals surface area contributed by atoms with Crippen molar-refractivity contribution in [1.29, 1.82) is 0 Å². The van der Waals surface area contributed by atoms with E-state index in [9.17, 15) is 9.90 Å². The highest BCUT2D eigenvalue weighted by Crippen LogP contribution is 2.33. The number of benzene rings is 1. The van der Waals surface area contributed by atoms with Crippen LogP contribution in [0.3, 0.4) is 0 Å². The van der Waals surface area contributed by atoms with Crippen LogP contribution in [0.25, 0.3) is 9.53 Å². The van der Waals surface area contributed by atoms with Gasteiger partial charge in [-0.3, -0.25) is 4.79 Å². The molecule has 0 aliphatic heterocycles. The van der Waals surface area contributed by atoms with Crippen molar-refractivity contribution in [1.82, 2.24) is 10.3 Å². The van der Waals surface area contributed by atoms with Crippen molar-refractivity contribution in [2.45, 2.75) is 20.0 Å². The number of carbonyl (C=O) groups excluding carboxylic acids is 1. The van der Waals surface area contributed by atoms with E-state index in [1.54, 1.807) is 11.3 Å². The van der Waals surface area contributed by atoms with Crippen molar-refractivity contribution in [2.24, 2.45) is 0 Å². The maximum Gasteiger partial charge on any atom is 0.261 e. The minimum atomic E-state index is -0.785. The molecule has 1 atom stereocenters. The van der Waals surface area contributed by atoms with E-state index in [0.29, 0.717) is 4.88 Å². The number of rotatable bonds is 7. The zero-order chi connectivity index (χ0) is 19.6. The number of nitrogens with one attached hydrogen (secondary N) is 1. The van der Waals surface area contributed by atoms with Gasteiger partial charge in [-0.1, -0.05) is 29.5 Å². The fourth-order valence-corrected chi connectivity index (χ4v) is 4.64. The number of aromatic nitrogens is 1. The van der Waals surface area contributed by atoms with Crippen molar-refractivity contribution in [2.75, 3.05) is 32.1 Å². The number of nitrogens with zero attached hydrogens (tertiary/aromatic N) is 2. The third-order valence-electron chi connectivity index (χ3n) is 4.01. The van der Waals surface area contributed by atoms with E-state index in [0.717, 1.165) is 31.5 Å². The Morgan fingerprint density at radius 1 is 1.30 bits per heavy atom. The number of aryl methyl sites for hydroxylation is 2. The SMILES string of the molecule is Cc1cccc(C)c1OCC(O)CNC(=O)c1cc2sc(N(C)C)nc2s1. The van der Waals surface area contributed by atoms with Crippen LogP contribution >= 0.6 is 22.7 Å². The molecule has 0 aliphatic carbocycles. The molecule has 1 aromatic carbocycles. The van der Waals surface area contributed by atoms with E-state index in [4.69, 9.17) is 4.74 Å². The van der Waals surface area contributed by atoms with Crippen LogP contribution in [0.15, 0.2) is 24.3 Å². The average molecular weight is 406 g/mol. The van der Waals surface area contributed by atoms with Gasteiger partial charge in [-0.05, 0) is 31.0 Å². The van der Waals surface area contributed by atoms with E-state index in [-0.39, 0.29) is 19.1 Å². The smallest absolute Gasteiger partial charge is 0.261 e. The van der Waals surface area contributed by atoms with Crippen LogP contribution in [-0.4, -0.2) is 49.3 Å². The van der Waals surface area contributed by atoms with Crippen LogP contribution in [0.1, 0.15) is 20.8 Å². The lowest BCUT2D eigenvalue weighted by molar-refractivity contribution is 0.0845. The first-order valence-corrected chi connectivity index (χ1v) is 10.2. The van der Waals surface area contributed by atoms with E-state index >= 15 is 0 Å². The van der Waals surface area contributed by atoms with Crippen LogP contribution < -0.4 is 15.0 Å². The Labute approximate surface area is 166 Å². The molecule has 27 heavy (non-hydrogen) atoms. The fourth-order valence-electron chi connectivity index (χ4n) is 2.59. The standard InChI is InChI=1S/C19H23N3O3S2/c1-11-6-5-7-12(2)16(11)25-10-13(23)9-20-17(24)14-8-15-18(26-14)21-19(27-15)22(3)4/h5-8,13,23H,9-10H2,1-4H3,(H,20,24). The molecule has 0 saturated heterocycles. The zero-order valence-electron chi connectivity index (χ0n) is 15.8. The Kier molecular flexibility index (Phi) is 5.98. The van der Waals surface area contributed by atoms with E-state index in [2.05, 4.69) is 10.3 Å². The molecule has 1 unspecified atom stereocenters. The highest BCUT2D eigenvalue weighted by atomic mass is 32.1. The summed E-state index contributed by atoms with van der Waals surface area (Å²) in [6.07, 6.45) is -0.785. The number of ether oxygens (including phenoxy) is 1. The number of aliphatic hydroxyl groups excluding tert-OH is 1. The van der Waals surface area contributed by atoms with Gasteiger partial charge in [0.15, 0.2) is 5.13 Å². The Hall–Kier alpha value is -2.16. The quantitative estimate of drug-likeness (QED) is 0.631. The molecule has 0 radical (unpaired) electrons. The summed E-state index contributed by atoms with van der Waals surface area (Å²) in [4.78, 5) is 20.2. The largest absolute Gasteiger partial charge is 0.490 e. The molecule has 2 aromatic heterocycles. The summed E-state index contributed by atoms with van der Waals surface area (Å²) in [6.45, 7) is 4.19. The number of anilines is 1. The van der Waals surface area contributed by atoms with Gasteiger partial charge < -0.3 is 20.1 Å². The second kappa shape index (κ2) is 8.24. The predicted octanol–water partition coefficient (Wildman–Crippen LogP) is 3.21. The molecule has 144 valence electrons. The molecule has 3 aromatic rings. The van der Waals surface area contributed by atoms with Gasteiger partial charge in [-0.25, -0.2) is 4.98 Å². The van der Waals surface area contributed by atoms with Crippen molar-refractivity contribution in [3.63, 3.8) is 0 Å². The number of hydrogen-bond acceptors (Lipinski definition) is 7. The van der Waals surface area contributed by atoms with Gasteiger partial charge in [0, 0.05) is 20.6 Å². The Bertz CT molecular complexity index is 897. The first-order chi connectivity index (χ1) is 12.8. The molecule has 0 spiro atoms. The van der Waals surface area contributed by atoms with E-state index < -0.39 is 6.10 Å². The summed E-state index contributed by atoms with van der Waals surface area (Å²) in [5.41, 5.74) is 2.05. The number of amides is 1. The van der Waals surface area contributed by atoms with Crippen molar-refractivity contribution < 1.29 is 14.6 Å². The first kappa shape index (κ1) is 19.6. The molecule has 3 rings (SSSR count). The van der Waals surface area contributed by atoms with Crippen LogP contribution in [0.5, 0.6) is 5.75 Å². The summed E-state index contributed by atoms with van der Waals surface area (Å²) in [5.74, 6) is 0.576. The summed E-state index contributed by atoms with van der Waals surface area (Å²) >= 11 is 2.91. The third kappa shape index (κ3) is 4.58. The highest BCUT2D eigenvalue weighted by molar-refractivity contribution is 7.29. The summed E-state index contributed by atoms with van der Waals surface area (Å²) < 4.78 is 6.72. The van der Waals surface area contributed by atoms with Gasteiger partial charge in [-0.2, -0.15) is 0 Å².